The molecule has 0 aromatic rings. The van der Waals surface area contributed by atoms with Gasteiger partial charge in [-0.15, -0.1) is 0 Å². The first-order valence-corrected chi connectivity index (χ1v) is 41.7. The summed E-state index contributed by atoms with van der Waals surface area (Å²) >= 11 is 8.23. The van der Waals surface area contributed by atoms with Crippen molar-refractivity contribution in [1.82, 2.24) is 0 Å². The number of hydrogen-bond acceptors (Lipinski definition) is 22. The van der Waals surface area contributed by atoms with E-state index in [1.54, 1.807) is 13.8 Å². The molecule has 0 radical (unpaired) electrons. The lowest BCUT2D eigenvalue weighted by Crippen LogP contribution is -2.45. The molecule has 22 nitrogen and oxygen atoms in total. The fourth-order valence-corrected chi connectivity index (χ4v) is 13.1. The molecular formula is C74H124I4O22. The van der Waals surface area contributed by atoms with Crippen molar-refractivity contribution in [1.29, 1.82) is 0 Å². The molecule has 0 amide bonds. The van der Waals surface area contributed by atoms with Gasteiger partial charge in [0, 0.05) is 10.5 Å². The van der Waals surface area contributed by atoms with Gasteiger partial charge in [0.2, 0.25) is 0 Å². The molecule has 100 heavy (non-hydrogen) atoms. The van der Waals surface area contributed by atoms with Gasteiger partial charge < -0.3 is 56.8 Å². The molecule has 0 aromatic carbocycles. The smallest absolute Gasteiger partial charge is 0.318 e. The van der Waals surface area contributed by atoms with E-state index in [1.165, 1.54) is 13.8 Å². The summed E-state index contributed by atoms with van der Waals surface area (Å²) in [4.78, 5) is 140. The normalized spacial score (nSPS) is 15.6. The van der Waals surface area contributed by atoms with Gasteiger partial charge in [-0.1, -0.05) is 231 Å². The Morgan fingerprint density at radius 3 is 0.790 bits per heavy atom. The van der Waals surface area contributed by atoms with E-state index in [1.807, 2.05) is 93.6 Å². The van der Waals surface area contributed by atoms with Crippen LogP contribution in [-0.2, 0) is 105 Å². The van der Waals surface area contributed by atoms with E-state index < -0.39 is 147 Å². The van der Waals surface area contributed by atoms with Crippen LogP contribution >= 0.6 is 90.4 Å². The second-order valence-corrected chi connectivity index (χ2v) is 32.7. The molecular weight excluding hydrogens is 1750 g/mol. The second-order valence-electron chi connectivity index (χ2n) is 26.4. The quantitative estimate of drug-likeness (QED) is 0.0137. The molecule has 0 saturated carbocycles. The van der Waals surface area contributed by atoms with Crippen LogP contribution in [0.2, 0.25) is 0 Å². The lowest BCUT2D eigenvalue weighted by Gasteiger charge is -2.33. The summed E-state index contributed by atoms with van der Waals surface area (Å²) in [6, 6.07) is 0. The number of unbranched alkanes of at least 4 members (excludes halogenated alkanes) is 8. The van der Waals surface area contributed by atoms with Crippen LogP contribution in [0.25, 0.3) is 0 Å². The summed E-state index contributed by atoms with van der Waals surface area (Å²) < 4.78 is 68.1. The molecule has 580 valence electrons. The van der Waals surface area contributed by atoms with Crippen LogP contribution < -0.4 is 0 Å². The summed E-state index contributed by atoms with van der Waals surface area (Å²) in [5, 5.41) is 0. The predicted octanol–water partition coefficient (Wildman–Crippen LogP) is 15.7. The largest absolute Gasteiger partial charge is 0.497 e. The summed E-state index contributed by atoms with van der Waals surface area (Å²) in [6.45, 7) is 25.7. The Kier molecular flexibility index (Phi) is 57.6. The molecule has 0 aromatic heterocycles. The van der Waals surface area contributed by atoms with E-state index in [2.05, 4.69) is 58.7 Å². The Balaban J connectivity index is 8.12. The summed E-state index contributed by atoms with van der Waals surface area (Å²) in [5.41, 5.74) is -1.90. The SMILES string of the molecule is C=C(OCCCC)C(I)CC(CC(C)C(=O)OCC(COC(=O)C(C)CC(CC(I)COCCCC)C(=O)OCCCC)(COC(=O)C(C)CC(CC(I)C(=O)OCCCC)C(=O)OCCCC)COC(=O)C(C)CC(CC(I)C(=O)OCCCC)C(=O)OCCCC)C(=O)OCCCC. The Bertz CT molecular complexity index is 2150. The third kappa shape index (κ3) is 44.2. The van der Waals surface area contributed by atoms with Crippen molar-refractivity contribution in [3.8, 4) is 0 Å². The molecule has 0 N–H and O–H groups in total. The van der Waals surface area contributed by atoms with Gasteiger partial charge in [0.1, 0.15) is 45.5 Å². The molecule has 0 aliphatic heterocycles. The minimum atomic E-state index is -1.90. The van der Waals surface area contributed by atoms with Crippen molar-refractivity contribution in [3.63, 3.8) is 0 Å². The molecule has 0 aliphatic rings. The zero-order valence-corrected chi connectivity index (χ0v) is 70.9. The summed E-state index contributed by atoms with van der Waals surface area (Å²) in [7, 11) is 0. The number of rotatable bonds is 62. The van der Waals surface area contributed by atoms with Gasteiger partial charge in [-0.25, -0.2) is 0 Å². The second kappa shape index (κ2) is 59.3. The van der Waals surface area contributed by atoms with E-state index in [-0.39, 0.29) is 92.4 Å². The fraction of sp³-hybridized carbons (Fsp3) is 0.838. The molecule has 0 rings (SSSR count). The maximum absolute atomic E-state index is 14.6. The number of hydrogen-bond donors (Lipinski definition) is 0. The lowest BCUT2D eigenvalue weighted by atomic mass is 9.89. The Morgan fingerprint density at radius 1 is 0.290 bits per heavy atom. The van der Waals surface area contributed by atoms with Gasteiger partial charge in [0.15, 0.2) is 0 Å². The van der Waals surface area contributed by atoms with Crippen molar-refractivity contribution < 1.29 is 105 Å². The highest BCUT2D eigenvalue weighted by molar-refractivity contribution is 14.1. The molecule has 0 heterocycles. The van der Waals surface area contributed by atoms with Gasteiger partial charge in [-0.2, -0.15) is 0 Å². The van der Waals surface area contributed by atoms with Crippen molar-refractivity contribution in [2.45, 2.75) is 253 Å². The number of ether oxygens (including phenoxy) is 12. The molecule has 0 saturated heterocycles. The minimum absolute atomic E-state index is 0.00225. The predicted molar refractivity (Wildman–Crippen MR) is 416 cm³/mol. The van der Waals surface area contributed by atoms with Crippen LogP contribution in [0, 0.1) is 52.8 Å². The molecule has 26 heteroatoms. The Labute approximate surface area is 653 Å². The average Bonchev–Trinajstić information content (AvgIpc) is 0.847. The first-order valence-electron chi connectivity index (χ1n) is 36.8. The van der Waals surface area contributed by atoms with Gasteiger partial charge in [-0.05, 0) is 103 Å². The van der Waals surface area contributed by atoms with Crippen LogP contribution in [0.1, 0.15) is 237 Å². The van der Waals surface area contributed by atoms with Crippen LogP contribution in [0.15, 0.2) is 12.3 Å². The molecule has 12 atom stereocenters. The number of carbonyl (C=O) groups is 10. The third-order valence-corrected chi connectivity index (χ3v) is 20.7. The van der Waals surface area contributed by atoms with E-state index in [4.69, 9.17) is 56.8 Å². The molecule has 12 unspecified atom stereocenters. The molecule has 0 aliphatic carbocycles. The fourth-order valence-electron chi connectivity index (χ4n) is 9.86. The highest BCUT2D eigenvalue weighted by Crippen LogP contribution is 2.33. The number of allylic oxidation sites excluding steroid dienone is 1. The molecule has 0 spiro atoms. The summed E-state index contributed by atoms with van der Waals surface area (Å²) in [6.07, 6.45) is 12.1. The first-order chi connectivity index (χ1) is 47.6. The van der Waals surface area contributed by atoms with E-state index in [9.17, 15) is 47.9 Å². The standard InChI is InChI=1S/C74H124I4O22/c1-14-22-30-89-46-60(75)42-56(68(83)91-32-24-16-3)38-51(9)64(79)97-47-74(48-98-65(80)52(10)39-57(69(84)92-33-25-17-4)43-61(76)55(13)90-31-23-15-2,49-99-66(81)53(11)40-58(70(85)93-34-26-18-5)44-62(77)72(87)95-36-28-20-7)50-100-67(82)54(12)41-59(71(86)94-35-27-19-6)45-63(78)73(88)96-37-29-21-8/h51-54,56-63H,13-50H2,1-12H3. The maximum Gasteiger partial charge on any atom is 0.318 e. The van der Waals surface area contributed by atoms with Crippen molar-refractivity contribution >= 4 is 150 Å². The lowest BCUT2D eigenvalue weighted by molar-refractivity contribution is -0.176. The summed E-state index contributed by atoms with van der Waals surface area (Å²) in [5.74, 6) is -13.7. The van der Waals surface area contributed by atoms with Gasteiger partial charge in [0.25, 0.3) is 0 Å². The maximum atomic E-state index is 14.6. The third-order valence-electron chi connectivity index (χ3n) is 16.6. The highest BCUT2D eigenvalue weighted by Gasteiger charge is 2.42. The number of esters is 10. The van der Waals surface area contributed by atoms with Gasteiger partial charge >= 0.3 is 59.7 Å². The number of halogens is 4. The molecule has 0 fully saturated rings. The Hall–Kier alpha value is -2.88. The highest BCUT2D eigenvalue weighted by atomic mass is 127. The molecule has 0 bridgehead atoms. The van der Waals surface area contributed by atoms with E-state index in [0.717, 1.165) is 64.2 Å². The van der Waals surface area contributed by atoms with Crippen molar-refractivity contribution in [2.24, 2.45) is 52.8 Å². The van der Waals surface area contributed by atoms with E-state index >= 15 is 0 Å². The first kappa shape index (κ1) is 97.1. The van der Waals surface area contributed by atoms with Crippen LogP contribution in [0.3, 0.4) is 0 Å². The monoisotopic (exact) mass is 1870 g/mol. The van der Waals surface area contributed by atoms with Crippen molar-refractivity contribution in [3.05, 3.63) is 12.3 Å². The van der Waals surface area contributed by atoms with Gasteiger partial charge in [0.05, 0.1) is 104 Å². The zero-order valence-electron chi connectivity index (χ0n) is 62.3. The number of alkyl halides is 4. The Morgan fingerprint density at radius 2 is 0.520 bits per heavy atom. The zero-order chi connectivity index (χ0) is 75.4. The van der Waals surface area contributed by atoms with Crippen LogP contribution in [-0.4, -0.2) is 161 Å². The topological polar surface area (TPSA) is 281 Å². The van der Waals surface area contributed by atoms with Gasteiger partial charge in [-0.3, -0.25) is 47.9 Å². The number of carbonyl (C=O) groups excluding carboxylic acids is 10. The van der Waals surface area contributed by atoms with Crippen molar-refractivity contribution in [2.75, 3.05) is 85.9 Å². The van der Waals surface area contributed by atoms with Crippen LogP contribution in [0.4, 0.5) is 0 Å². The average molecular weight is 1870 g/mol. The minimum Gasteiger partial charge on any atom is -0.497 e. The van der Waals surface area contributed by atoms with Crippen LogP contribution in [0.5, 0.6) is 0 Å². The van der Waals surface area contributed by atoms with E-state index in [0.29, 0.717) is 70.5 Å².